The van der Waals surface area contributed by atoms with Gasteiger partial charge in [0.05, 0.1) is 5.56 Å². The lowest BCUT2D eigenvalue weighted by Crippen LogP contribution is -1.85. The molecule has 0 aliphatic heterocycles. The molecule has 0 bridgehead atoms. The molecule has 0 unspecified atom stereocenters. The highest BCUT2D eigenvalue weighted by Gasteiger charge is 2.22. The van der Waals surface area contributed by atoms with Crippen LogP contribution < -0.4 is 0 Å². The lowest BCUT2D eigenvalue weighted by molar-refractivity contribution is 0.658. The fourth-order valence-corrected chi connectivity index (χ4v) is 8.93. The van der Waals surface area contributed by atoms with Crippen LogP contribution >= 0.6 is 0 Å². The van der Waals surface area contributed by atoms with Crippen molar-refractivity contribution >= 4 is 87.0 Å². The molecule has 0 radical (unpaired) electrons. The average molecular weight is 687 g/mol. The van der Waals surface area contributed by atoms with E-state index in [2.05, 4.69) is 182 Å². The predicted octanol–water partition coefficient (Wildman–Crippen LogP) is 15.1. The van der Waals surface area contributed by atoms with E-state index in [0.29, 0.717) is 0 Å². The Hall–Kier alpha value is -7.16. The zero-order valence-electron chi connectivity index (χ0n) is 29.1. The van der Waals surface area contributed by atoms with Gasteiger partial charge >= 0.3 is 0 Å². The quantitative estimate of drug-likeness (QED) is 0.173. The fraction of sp³-hybridized carbons (Fsp3) is 0. The Balaban J connectivity index is 1.15. The van der Waals surface area contributed by atoms with Crippen LogP contribution in [0.2, 0.25) is 0 Å². The second-order valence-electron chi connectivity index (χ2n) is 14.4. The minimum atomic E-state index is 0.837. The third kappa shape index (κ3) is 4.22. The van der Waals surface area contributed by atoms with Crippen LogP contribution in [0.4, 0.5) is 0 Å². The van der Waals surface area contributed by atoms with Gasteiger partial charge < -0.3 is 8.83 Å². The molecule has 12 rings (SSSR count). The maximum Gasteiger partial charge on any atom is 0.147 e. The highest BCUT2D eigenvalue weighted by Crippen LogP contribution is 2.47. The Kier molecular flexibility index (Phi) is 6.09. The summed E-state index contributed by atoms with van der Waals surface area (Å²) in [5, 5.41) is 14.3. The summed E-state index contributed by atoms with van der Waals surface area (Å²) < 4.78 is 13.6. The standard InChI is InChI=1S/C52H30O2/c1-2-12-31(13-3-1)50-51-46(44-28-34(22-24-48(44)53-51)42-26-32-14-4-6-16-36(32)38-18-8-10-20-40(38)42)30-47-45-29-35(23-25-49(45)54-52(47)50)43-27-33-15-5-7-17-37(33)39-19-9-11-21-41(39)43/h1-30H. The van der Waals surface area contributed by atoms with Gasteiger partial charge in [-0.3, -0.25) is 0 Å². The molecule has 0 spiro atoms. The number of benzene rings is 10. The number of fused-ring (bicyclic) bond motifs is 12. The third-order valence-electron chi connectivity index (χ3n) is 11.4. The molecule has 0 N–H and O–H groups in total. The first-order valence-corrected chi connectivity index (χ1v) is 18.5. The monoisotopic (exact) mass is 686 g/mol. The molecular formula is C52H30O2. The summed E-state index contributed by atoms with van der Waals surface area (Å²) in [5.74, 6) is 0. The summed E-state index contributed by atoms with van der Waals surface area (Å²) in [4.78, 5) is 0. The van der Waals surface area contributed by atoms with Crippen LogP contribution in [0.1, 0.15) is 0 Å². The zero-order chi connectivity index (χ0) is 35.3. The summed E-state index contributed by atoms with van der Waals surface area (Å²) in [7, 11) is 0. The van der Waals surface area contributed by atoms with E-state index in [1.165, 1.54) is 54.2 Å². The van der Waals surface area contributed by atoms with E-state index in [0.717, 1.165) is 66.1 Å². The second-order valence-corrected chi connectivity index (χ2v) is 14.4. The van der Waals surface area contributed by atoms with Crippen molar-refractivity contribution in [2.24, 2.45) is 0 Å². The van der Waals surface area contributed by atoms with Crippen molar-refractivity contribution in [3.63, 3.8) is 0 Å². The Morgan fingerprint density at radius 2 is 0.685 bits per heavy atom. The summed E-state index contributed by atoms with van der Waals surface area (Å²) in [6.07, 6.45) is 0. The van der Waals surface area contributed by atoms with Gasteiger partial charge in [-0.25, -0.2) is 0 Å². The minimum Gasteiger partial charge on any atom is -0.455 e. The Morgan fingerprint density at radius 1 is 0.259 bits per heavy atom. The minimum absolute atomic E-state index is 0.837. The van der Waals surface area contributed by atoms with Crippen LogP contribution in [0.5, 0.6) is 0 Å². The Bertz CT molecular complexity index is 3280. The van der Waals surface area contributed by atoms with E-state index in [1.807, 2.05) is 0 Å². The largest absolute Gasteiger partial charge is 0.455 e. The van der Waals surface area contributed by atoms with E-state index in [9.17, 15) is 0 Å². The fourth-order valence-electron chi connectivity index (χ4n) is 8.93. The van der Waals surface area contributed by atoms with Crippen molar-refractivity contribution in [2.75, 3.05) is 0 Å². The van der Waals surface area contributed by atoms with Gasteiger partial charge in [0, 0.05) is 21.5 Å². The molecule has 2 heteroatoms. The molecule has 250 valence electrons. The van der Waals surface area contributed by atoms with Crippen LogP contribution in [-0.4, -0.2) is 0 Å². The van der Waals surface area contributed by atoms with Crippen LogP contribution in [0.15, 0.2) is 191 Å². The number of hydrogen-bond donors (Lipinski definition) is 0. The molecule has 2 heterocycles. The highest BCUT2D eigenvalue weighted by atomic mass is 16.3. The predicted molar refractivity (Wildman–Crippen MR) is 227 cm³/mol. The van der Waals surface area contributed by atoms with E-state index < -0.39 is 0 Å². The summed E-state index contributed by atoms with van der Waals surface area (Å²) in [6.45, 7) is 0. The number of furan rings is 2. The van der Waals surface area contributed by atoms with Crippen molar-refractivity contribution in [1.29, 1.82) is 0 Å². The number of hydrogen-bond acceptors (Lipinski definition) is 2. The van der Waals surface area contributed by atoms with Gasteiger partial charge in [-0.1, -0.05) is 140 Å². The smallest absolute Gasteiger partial charge is 0.147 e. The van der Waals surface area contributed by atoms with Crippen LogP contribution in [0.3, 0.4) is 0 Å². The molecule has 2 aromatic heterocycles. The molecule has 2 nitrogen and oxygen atoms in total. The summed E-state index contributed by atoms with van der Waals surface area (Å²) >= 11 is 0. The van der Waals surface area contributed by atoms with Gasteiger partial charge in [-0.15, -0.1) is 0 Å². The molecule has 0 atom stereocenters. The molecule has 0 amide bonds. The zero-order valence-corrected chi connectivity index (χ0v) is 29.1. The van der Waals surface area contributed by atoms with Crippen molar-refractivity contribution in [1.82, 2.24) is 0 Å². The molecular weight excluding hydrogens is 657 g/mol. The van der Waals surface area contributed by atoms with Gasteiger partial charge in [0.1, 0.15) is 22.3 Å². The van der Waals surface area contributed by atoms with Crippen molar-refractivity contribution < 1.29 is 8.83 Å². The first kappa shape index (κ1) is 29.4. The lowest BCUT2D eigenvalue weighted by atomic mass is 9.92. The average Bonchev–Trinajstić information content (AvgIpc) is 3.79. The van der Waals surface area contributed by atoms with Crippen molar-refractivity contribution in [2.45, 2.75) is 0 Å². The Morgan fingerprint density at radius 3 is 1.19 bits per heavy atom. The topological polar surface area (TPSA) is 26.3 Å². The lowest BCUT2D eigenvalue weighted by Gasteiger charge is -2.11. The van der Waals surface area contributed by atoms with Crippen molar-refractivity contribution in [3.8, 4) is 33.4 Å². The van der Waals surface area contributed by atoms with Crippen molar-refractivity contribution in [3.05, 3.63) is 182 Å². The van der Waals surface area contributed by atoms with Gasteiger partial charge in [-0.2, -0.15) is 0 Å². The highest BCUT2D eigenvalue weighted by molar-refractivity contribution is 6.23. The van der Waals surface area contributed by atoms with E-state index in [-0.39, 0.29) is 0 Å². The van der Waals surface area contributed by atoms with Crippen LogP contribution in [0.25, 0.3) is 120 Å². The van der Waals surface area contributed by atoms with E-state index >= 15 is 0 Å². The van der Waals surface area contributed by atoms with Gasteiger partial charge in [-0.05, 0) is 113 Å². The molecule has 0 aliphatic rings. The first-order chi connectivity index (χ1) is 26.8. The molecule has 0 saturated heterocycles. The van der Waals surface area contributed by atoms with Gasteiger partial charge in [0.25, 0.3) is 0 Å². The molecule has 12 aromatic rings. The van der Waals surface area contributed by atoms with Gasteiger partial charge in [0.15, 0.2) is 0 Å². The maximum atomic E-state index is 6.81. The SMILES string of the molecule is c1ccc(-c2c3oc4ccc(-c5cc6ccccc6c6ccccc56)cc4c3cc3c2oc2ccc(-c4cc5ccccc5c5ccccc45)cc23)cc1. The normalized spacial score (nSPS) is 12.1. The van der Waals surface area contributed by atoms with Gasteiger partial charge in [0.2, 0.25) is 0 Å². The first-order valence-electron chi connectivity index (χ1n) is 18.5. The van der Waals surface area contributed by atoms with Crippen LogP contribution in [-0.2, 0) is 0 Å². The molecule has 0 saturated carbocycles. The number of rotatable bonds is 3. The molecule has 0 fully saturated rings. The van der Waals surface area contributed by atoms with E-state index in [1.54, 1.807) is 0 Å². The van der Waals surface area contributed by atoms with E-state index in [4.69, 9.17) is 8.83 Å². The molecule has 10 aromatic carbocycles. The van der Waals surface area contributed by atoms with Crippen LogP contribution in [0, 0.1) is 0 Å². The third-order valence-corrected chi connectivity index (χ3v) is 11.4. The summed E-state index contributed by atoms with van der Waals surface area (Å²) in [6, 6.07) is 65.5. The Labute approximate surface area is 310 Å². The summed E-state index contributed by atoms with van der Waals surface area (Å²) in [5.41, 5.74) is 10.2. The molecule has 0 aliphatic carbocycles. The molecule has 54 heavy (non-hydrogen) atoms. The maximum absolute atomic E-state index is 6.81. The second kappa shape index (κ2) is 11.2.